The van der Waals surface area contributed by atoms with E-state index in [9.17, 15) is 0 Å². The van der Waals surface area contributed by atoms with Gasteiger partial charge in [0.15, 0.2) is 0 Å². The molecule has 0 saturated carbocycles. The van der Waals surface area contributed by atoms with Crippen LogP contribution in [0.1, 0.15) is 29.3 Å². The second-order valence-corrected chi connectivity index (χ2v) is 4.19. The van der Waals surface area contributed by atoms with Crippen molar-refractivity contribution >= 4 is 0 Å². The summed E-state index contributed by atoms with van der Waals surface area (Å²) in [6, 6.07) is 12.4. The van der Waals surface area contributed by atoms with Gasteiger partial charge in [-0.1, -0.05) is 24.3 Å². The summed E-state index contributed by atoms with van der Waals surface area (Å²) >= 11 is 0. The summed E-state index contributed by atoms with van der Waals surface area (Å²) in [6.07, 6.45) is 3.51. The minimum absolute atomic E-state index is 0.168. The predicted molar refractivity (Wildman–Crippen MR) is 68.3 cm³/mol. The quantitative estimate of drug-likeness (QED) is 0.613. The molecule has 3 N–H and O–H groups in total. The van der Waals surface area contributed by atoms with Crippen LogP contribution in [0.3, 0.4) is 0 Å². The zero-order valence-corrected chi connectivity index (χ0v) is 10.0. The molecule has 1 unspecified atom stereocenters. The Kier molecular flexibility index (Phi) is 3.96. The van der Waals surface area contributed by atoms with E-state index in [0.29, 0.717) is 0 Å². The molecule has 1 atom stereocenters. The van der Waals surface area contributed by atoms with Crippen molar-refractivity contribution in [2.24, 2.45) is 5.84 Å². The molecule has 1 heterocycles. The number of furan rings is 1. The fraction of sp³-hybridized carbons (Fsp3) is 0.286. The first-order valence-corrected chi connectivity index (χ1v) is 5.85. The van der Waals surface area contributed by atoms with E-state index < -0.39 is 0 Å². The molecule has 0 fully saturated rings. The van der Waals surface area contributed by atoms with E-state index in [1.165, 1.54) is 11.1 Å². The molecule has 0 saturated heterocycles. The summed E-state index contributed by atoms with van der Waals surface area (Å²) in [5, 5.41) is 0. The first kappa shape index (κ1) is 11.9. The van der Waals surface area contributed by atoms with Gasteiger partial charge in [0.05, 0.1) is 6.26 Å². The average Bonchev–Trinajstić information content (AvgIpc) is 2.85. The molecule has 0 spiro atoms. The molecule has 0 amide bonds. The maximum absolute atomic E-state index is 5.63. The second-order valence-electron chi connectivity index (χ2n) is 4.19. The molecule has 2 rings (SSSR count). The molecular weight excluding hydrogens is 212 g/mol. The van der Waals surface area contributed by atoms with Gasteiger partial charge in [-0.3, -0.25) is 11.3 Å². The predicted octanol–water partition coefficient (Wildman–Crippen LogP) is 2.73. The summed E-state index contributed by atoms with van der Waals surface area (Å²) in [6.45, 7) is 2.10. The van der Waals surface area contributed by atoms with Crippen molar-refractivity contribution in [3.63, 3.8) is 0 Å². The number of hydrogen-bond acceptors (Lipinski definition) is 3. The van der Waals surface area contributed by atoms with Gasteiger partial charge in [-0.15, -0.1) is 0 Å². The Morgan fingerprint density at radius 1 is 1.24 bits per heavy atom. The molecule has 0 aliphatic heterocycles. The van der Waals surface area contributed by atoms with Crippen LogP contribution in [0.5, 0.6) is 0 Å². The van der Waals surface area contributed by atoms with E-state index in [2.05, 4.69) is 24.5 Å². The highest BCUT2D eigenvalue weighted by atomic mass is 16.3. The number of rotatable bonds is 5. The molecular formula is C14H18N2O. The van der Waals surface area contributed by atoms with Crippen LogP contribution in [-0.2, 0) is 6.42 Å². The van der Waals surface area contributed by atoms with Crippen molar-refractivity contribution in [1.82, 2.24) is 5.43 Å². The molecule has 3 nitrogen and oxygen atoms in total. The van der Waals surface area contributed by atoms with Crippen LogP contribution >= 0.6 is 0 Å². The molecule has 0 aliphatic carbocycles. The maximum Gasteiger partial charge on any atom is 0.103 e. The normalized spacial score (nSPS) is 12.6. The molecule has 0 bridgehead atoms. The molecule has 0 radical (unpaired) electrons. The second kappa shape index (κ2) is 5.66. The van der Waals surface area contributed by atoms with Crippen molar-refractivity contribution in [3.8, 4) is 0 Å². The lowest BCUT2D eigenvalue weighted by molar-refractivity contribution is 0.457. The van der Waals surface area contributed by atoms with Crippen LogP contribution < -0.4 is 11.3 Å². The molecule has 1 aromatic carbocycles. The molecule has 17 heavy (non-hydrogen) atoms. The van der Waals surface area contributed by atoms with Gasteiger partial charge in [-0.05, 0) is 36.6 Å². The van der Waals surface area contributed by atoms with Gasteiger partial charge in [0.2, 0.25) is 0 Å². The third kappa shape index (κ3) is 2.96. The highest BCUT2D eigenvalue weighted by Crippen LogP contribution is 2.21. The van der Waals surface area contributed by atoms with Gasteiger partial charge in [0.25, 0.3) is 0 Å². The Bertz CT molecular complexity index is 451. The van der Waals surface area contributed by atoms with Crippen molar-refractivity contribution < 1.29 is 4.42 Å². The first-order chi connectivity index (χ1) is 8.31. The molecule has 2 aromatic rings. The van der Waals surface area contributed by atoms with E-state index in [1.54, 1.807) is 6.26 Å². The van der Waals surface area contributed by atoms with Crippen molar-refractivity contribution in [2.75, 3.05) is 0 Å². The zero-order chi connectivity index (χ0) is 12.1. The number of hydrazine groups is 1. The lowest BCUT2D eigenvalue weighted by Gasteiger charge is -2.17. The Morgan fingerprint density at radius 2 is 2.06 bits per heavy atom. The van der Waals surface area contributed by atoms with Crippen molar-refractivity contribution in [2.45, 2.75) is 25.8 Å². The van der Waals surface area contributed by atoms with Gasteiger partial charge >= 0.3 is 0 Å². The van der Waals surface area contributed by atoms with E-state index in [-0.39, 0.29) is 6.04 Å². The third-order valence-corrected chi connectivity index (χ3v) is 3.02. The molecule has 0 aliphatic rings. The fourth-order valence-electron chi connectivity index (χ4n) is 2.05. The van der Waals surface area contributed by atoms with Gasteiger partial charge in [0, 0.05) is 12.5 Å². The van der Waals surface area contributed by atoms with Crippen LogP contribution in [0, 0.1) is 6.92 Å². The summed E-state index contributed by atoms with van der Waals surface area (Å²) in [5.41, 5.74) is 5.39. The smallest absolute Gasteiger partial charge is 0.103 e. The zero-order valence-electron chi connectivity index (χ0n) is 10.0. The number of nitrogens with one attached hydrogen (secondary N) is 1. The largest absolute Gasteiger partial charge is 0.469 e. The highest BCUT2D eigenvalue weighted by Gasteiger charge is 2.12. The molecule has 1 aromatic heterocycles. The topological polar surface area (TPSA) is 51.2 Å². The van der Waals surface area contributed by atoms with E-state index in [0.717, 1.165) is 18.6 Å². The average molecular weight is 230 g/mol. The van der Waals surface area contributed by atoms with Crippen LogP contribution in [0.15, 0.2) is 47.1 Å². The van der Waals surface area contributed by atoms with E-state index in [1.807, 2.05) is 24.3 Å². The number of aryl methyl sites for hydroxylation is 2. The Balaban J connectivity index is 2.04. The Hall–Kier alpha value is -1.58. The number of nitrogens with two attached hydrogens (primary N) is 1. The van der Waals surface area contributed by atoms with E-state index >= 15 is 0 Å². The van der Waals surface area contributed by atoms with Gasteiger partial charge < -0.3 is 4.42 Å². The number of benzene rings is 1. The first-order valence-electron chi connectivity index (χ1n) is 5.85. The SMILES string of the molecule is Cc1ccccc1C(CCc1ccco1)NN. The van der Waals surface area contributed by atoms with Crippen LogP contribution in [0.25, 0.3) is 0 Å². The summed E-state index contributed by atoms with van der Waals surface area (Å²) in [4.78, 5) is 0. The van der Waals surface area contributed by atoms with Crippen LogP contribution in [0.2, 0.25) is 0 Å². The Morgan fingerprint density at radius 3 is 2.71 bits per heavy atom. The van der Waals surface area contributed by atoms with Crippen LogP contribution in [-0.4, -0.2) is 0 Å². The third-order valence-electron chi connectivity index (χ3n) is 3.02. The van der Waals surface area contributed by atoms with Crippen molar-refractivity contribution in [3.05, 3.63) is 59.5 Å². The molecule has 90 valence electrons. The maximum atomic E-state index is 5.63. The van der Waals surface area contributed by atoms with Crippen LogP contribution in [0.4, 0.5) is 0 Å². The monoisotopic (exact) mass is 230 g/mol. The van der Waals surface area contributed by atoms with Gasteiger partial charge in [-0.25, -0.2) is 0 Å². The Labute approximate surface area is 102 Å². The lowest BCUT2D eigenvalue weighted by Crippen LogP contribution is -2.28. The van der Waals surface area contributed by atoms with Crippen molar-refractivity contribution in [1.29, 1.82) is 0 Å². The highest BCUT2D eigenvalue weighted by molar-refractivity contribution is 5.28. The summed E-state index contributed by atoms with van der Waals surface area (Å²) < 4.78 is 5.33. The minimum atomic E-state index is 0.168. The molecule has 3 heteroatoms. The minimum Gasteiger partial charge on any atom is -0.469 e. The van der Waals surface area contributed by atoms with Gasteiger partial charge in [0.1, 0.15) is 5.76 Å². The standard InChI is InChI=1S/C14H18N2O/c1-11-5-2-3-7-13(11)14(16-15)9-8-12-6-4-10-17-12/h2-7,10,14,16H,8-9,15H2,1H3. The van der Waals surface area contributed by atoms with Gasteiger partial charge in [-0.2, -0.15) is 0 Å². The summed E-state index contributed by atoms with van der Waals surface area (Å²) in [5.74, 6) is 6.63. The number of hydrogen-bond donors (Lipinski definition) is 2. The fourth-order valence-corrected chi connectivity index (χ4v) is 2.05. The lowest BCUT2D eigenvalue weighted by atomic mass is 9.97. The summed E-state index contributed by atoms with van der Waals surface area (Å²) in [7, 11) is 0. The van der Waals surface area contributed by atoms with E-state index in [4.69, 9.17) is 10.3 Å².